The number of unbranched alkanes of at least 4 members (excludes halogenated alkanes) is 33. The molecule has 1 amide bonds. The van der Waals surface area contributed by atoms with Crippen LogP contribution in [0, 0.1) is 0 Å². The average Bonchev–Trinajstić information content (AvgIpc) is 3.21. The number of aliphatic hydroxyl groups is 2. The predicted octanol–water partition coefficient (Wildman–Crippen LogP) is 14.7. The summed E-state index contributed by atoms with van der Waals surface area (Å²) < 4.78 is 5.44. The molecule has 0 radical (unpaired) electrons. The van der Waals surface area contributed by atoms with Gasteiger partial charge in [0.05, 0.1) is 25.4 Å². The number of allylic oxidation sites excluding steroid dienone is 3. The number of esters is 1. The van der Waals surface area contributed by atoms with Crippen molar-refractivity contribution in [2.75, 3.05) is 13.2 Å². The van der Waals surface area contributed by atoms with E-state index in [1.807, 2.05) is 6.08 Å². The van der Waals surface area contributed by atoms with E-state index >= 15 is 0 Å². The Kier molecular flexibility index (Phi) is 45.7. The van der Waals surface area contributed by atoms with Crippen LogP contribution < -0.4 is 5.32 Å². The van der Waals surface area contributed by atoms with Gasteiger partial charge >= 0.3 is 5.97 Å². The second-order valence-electron chi connectivity index (χ2n) is 17.1. The molecule has 0 aromatic rings. The summed E-state index contributed by atoms with van der Waals surface area (Å²) in [7, 11) is 0. The highest BCUT2D eigenvalue weighted by Crippen LogP contribution is 2.16. The molecule has 6 nitrogen and oxygen atoms in total. The van der Waals surface area contributed by atoms with Crippen LogP contribution in [0.2, 0.25) is 0 Å². The van der Waals surface area contributed by atoms with Gasteiger partial charge in [0, 0.05) is 12.8 Å². The molecule has 6 heteroatoms. The molecule has 0 fully saturated rings. The molecule has 0 aliphatic carbocycles. The van der Waals surface area contributed by atoms with E-state index < -0.39 is 12.1 Å². The van der Waals surface area contributed by atoms with Crippen molar-refractivity contribution < 1.29 is 24.5 Å². The first-order valence-electron chi connectivity index (χ1n) is 25.1. The standard InChI is InChI=1S/C51H97NO5/c1-3-5-7-9-11-13-15-17-19-20-21-23-25-29-33-37-41-45-51(56)57-46-42-38-34-30-26-28-32-36-40-44-50(55)52-48(47-53)49(54)43-39-35-31-27-24-22-18-16-14-12-10-8-6-4-2/h28,32,39,43,48-49,53-54H,3-27,29-31,33-38,40-42,44-47H2,1-2H3,(H,52,55)/b32-28-,43-39+. The van der Waals surface area contributed by atoms with Crippen molar-refractivity contribution >= 4 is 11.9 Å². The Morgan fingerprint density at radius 2 is 0.842 bits per heavy atom. The van der Waals surface area contributed by atoms with Crippen LogP contribution in [0.15, 0.2) is 24.3 Å². The summed E-state index contributed by atoms with van der Waals surface area (Å²) in [6.07, 6.45) is 54.7. The van der Waals surface area contributed by atoms with Gasteiger partial charge in [0.15, 0.2) is 0 Å². The smallest absolute Gasteiger partial charge is 0.305 e. The lowest BCUT2D eigenvalue weighted by Gasteiger charge is -2.19. The van der Waals surface area contributed by atoms with Crippen molar-refractivity contribution in [2.45, 2.75) is 276 Å². The second-order valence-corrected chi connectivity index (χ2v) is 17.1. The van der Waals surface area contributed by atoms with Gasteiger partial charge in [-0.2, -0.15) is 0 Å². The predicted molar refractivity (Wildman–Crippen MR) is 246 cm³/mol. The van der Waals surface area contributed by atoms with Crippen molar-refractivity contribution in [3.05, 3.63) is 24.3 Å². The molecular formula is C51H97NO5. The molecule has 0 heterocycles. The quantitative estimate of drug-likeness (QED) is 0.0324. The van der Waals surface area contributed by atoms with Crippen LogP contribution in [-0.2, 0) is 14.3 Å². The summed E-state index contributed by atoms with van der Waals surface area (Å²) in [4.78, 5) is 24.4. The van der Waals surface area contributed by atoms with Crippen LogP contribution in [0.25, 0.3) is 0 Å². The Balaban J connectivity index is 3.55. The molecule has 0 aliphatic heterocycles. The van der Waals surface area contributed by atoms with Crippen LogP contribution in [0.3, 0.4) is 0 Å². The zero-order chi connectivity index (χ0) is 41.5. The fraction of sp³-hybridized carbons (Fsp3) is 0.882. The normalized spacial score (nSPS) is 12.8. The zero-order valence-corrected chi connectivity index (χ0v) is 38.1. The van der Waals surface area contributed by atoms with Crippen molar-refractivity contribution in [3.63, 3.8) is 0 Å². The highest BCUT2D eigenvalue weighted by molar-refractivity contribution is 5.76. The highest BCUT2D eigenvalue weighted by atomic mass is 16.5. The van der Waals surface area contributed by atoms with Gasteiger partial charge in [-0.25, -0.2) is 0 Å². The van der Waals surface area contributed by atoms with E-state index in [0.717, 1.165) is 70.6 Å². The lowest BCUT2D eigenvalue weighted by Crippen LogP contribution is -2.45. The SMILES string of the molecule is CCCCCCCCCCCCCC/C=C/C(O)C(CO)NC(=O)CCC/C=C\CCCCCCOC(=O)CCCCCCCCCCCCCCCCCCC. The molecular weight excluding hydrogens is 707 g/mol. The molecule has 3 N–H and O–H groups in total. The number of carbonyl (C=O) groups excluding carboxylic acids is 2. The fourth-order valence-electron chi connectivity index (χ4n) is 7.58. The number of amides is 1. The number of nitrogens with one attached hydrogen (secondary N) is 1. The first kappa shape index (κ1) is 55.3. The molecule has 0 aromatic heterocycles. The van der Waals surface area contributed by atoms with Gasteiger partial charge in [-0.3, -0.25) is 9.59 Å². The van der Waals surface area contributed by atoms with E-state index in [2.05, 4.69) is 31.3 Å². The Labute approximate surface area is 354 Å². The van der Waals surface area contributed by atoms with Crippen LogP contribution in [-0.4, -0.2) is 47.4 Å². The van der Waals surface area contributed by atoms with Crippen molar-refractivity contribution in [3.8, 4) is 0 Å². The number of rotatable bonds is 46. The summed E-state index contributed by atoms with van der Waals surface area (Å²) in [5, 5.41) is 23.0. The van der Waals surface area contributed by atoms with Crippen LogP contribution in [0.5, 0.6) is 0 Å². The number of hydrogen-bond acceptors (Lipinski definition) is 5. The van der Waals surface area contributed by atoms with Gasteiger partial charge in [-0.05, 0) is 51.4 Å². The van der Waals surface area contributed by atoms with E-state index in [9.17, 15) is 19.8 Å². The first-order valence-corrected chi connectivity index (χ1v) is 25.1. The highest BCUT2D eigenvalue weighted by Gasteiger charge is 2.17. The summed E-state index contributed by atoms with van der Waals surface area (Å²) in [6.45, 7) is 4.81. The third-order valence-corrected chi connectivity index (χ3v) is 11.5. The minimum absolute atomic E-state index is 0.0345. The maximum atomic E-state index is 12.4. The maximum Gasteiger partial charge on any atom is 0.305 e. The number of aliphatic hydroxyl groups excluding tert-OH is 2. The lowest BCUT2D eigenvalue weighted by molar-refractivity contribution is -0.143. The molecule has 2 atom stereocenters. The van der Waals surface area contributed by atoms with Gasteiger partial charge in [0.1, 0.15) is 0 Å². The van der Waals surface area contributed by atoms with Crippen LogP contribution >= 0.6 is 0 Å². The van der Waals surface area contributed by atoms with Crippen LogP contribution in [0.4, 0.5) is 0 Å². The van der Waals surface area contributed by atoms with E-state index in [0.29, 0.717) is 19.4 Å². The molecule has 57 heavy (non-hydrogen) atoms. The van der Waals surface area contributed by atoms with Gasteiger partial charge in [0.2, 0.25) is 5.91 Å². The monoisotopic (exact) mass is 804 g/mol. The maximum absolute atomic E-state index is 12.4. The van der Waals surface area contributed by atoms with Crippen molar-refractivity contribution in [2.24, 2.45) is 0 Å². The topological polar surface area (TPSA) is 95.9 Å². The van der Waals surface area contributed by atoms with Crippen molar-refractivity contribution in [1.29, 1.82) is 0 Å². The summed E-state index contributed by atoms with van der Waals surface area (Å²) >= 11 is 0. The second kappa shape index (κ2) is 47.0. The largest absolute Gasteiger partial charge is 0.466 e. The first-order chi connectivity index (χ1) is 28.0. The Morgan fingerprint density at radius 3 is 1.28 bits per heavy atom. The molecule has 0 bridgehead atoms. The van der Waals surface area contributed by atoms with Gasteiger partial charge in [-0.1, -0.05) is 224 Å². The number of carbonyl (C=O) groups is 2. The van der Waals surface area contributed by atoms with Gasteiger partial charge in [-0.15, -0.1) is 0 Å². The molecule has 0 spiro atoms. The van der Waals surface area contributed by atoms with E-state index in [1.54, 1.807) is 6.08 Å². The molecule has 0 aliphatic rings. The zero-order valence-electron chi connectivity index (χ0n) is 38.1. The van der Waals surface area contributed by atoms with E-state index in [4.69, 9.17) is 4.74 Å². The third kappa shape index (κ3) is 43.7. The molecule has 2 unspecified atom stereocenters. The van der Waals surface area contributed by atoms with E-state index in [1.165, 1.54) is 167 Å². The molecule has 0 aromatic carbocycles. The third-order valence-electron chi connectivity index (χ3n) is 11.5. The summed E-state index contributed by atoms with van der Waals surface area (Å²) in [6, 6.07) is -0.664. The van der Waals surface area contributed by atoms with Gasteiger partial charge in [0.25, 0.3) is 0 Å². The molecule has 0 saturated heterocycles. The molecule has 0 saturated carbocycles. The number of ether oxygens (including phenoxy) is 1. The van der Waals surface area contributed by atoms with Gasteiger partial charge < -0.3 is 20.3 Å². The molecule has 336 valence electrons. The lowest BCUT2D eigenvalue weighted by atomic mass is 10.0. The molecule has 0 rings (SSSR count). The van der Waals surface area contributed by atoms with E-state index in [-0.39, 0.29) is 18.5 Å². The minimum Gasteiger partial charge on any atom is -0.466 e. The number of hydrogen-bond donors (Lipinski definition) is 3. The van der Waals surface area contributed by atoms with Crippen molar-refractivity contribution in [1.82, 2.24) is 5.32 Å². The Bertz CT molecular complexity index is 889. The fourth-order valence-corrected chi connectivity index (χ4v) is 7.58. The summed E-state index contributed by atoms with van der Waals surface area (Å²) in [5.41, 5.74) is 0. The van der Waals surface area contributed by atoms with Crippen LogP contribution in [0.1, 0.15) is 264 Å². The summed E-state index contributed by atoms with van der Waals surface area (Å²) in [5.74, 6) is -0.163. The average molecular weight is 804 g/mol. The Morgan fingerprint density at radius 1 is 0.474 bits per heavy atom. The minimum atomic E-state index is -0.873. The Hall–Kier alpha value is -1.66.